The van der Waals surface area contributed by atoms with Crippen LogP contribution in [0.15, 0.2) is 18.2 Å². The van der Waals surface area contributed by atoms with Gasteiger partial charge in [0.25, 0.3) is 0 Å². The number of carbonyl (C=O) groups is 1. The van der Waals surface area contributed by atoms with Gasteiger partial charge in [-0.3, -0.25) is 0 Å². The normalized spacial score (nSPS) is 10.1. The lowest BCUT2D eigenvalue weighted by Crippen LogP contribution is -2.08. The zero-order chi connectivity index (χ0) is 11.3. The van der Waals surface area contributed by atoms with Crippen molar-refractivity contribution in [2.24, 2.45) is 0 Å². The number of ether oxygens (including phenoxy) is 1. The lowest BCUT2D eigenvalue weighted by molar-refractivity contribution is 0.0504. The first-order chi connectivity index (χ1) is 7.16. The highest BCUT2D eigenvalue weighted by molar-refractivity contribution is 14.1. The van der Waals surface area contributed by atoms with Crippen LogP contribution in [0.1, 0.15) is 22.3 Å². The van der Waals surface area contributed by atoms with Crippen LogP contribution in [-0.2, 0) is 4.74 Å². The molecule has 1 aromatic carbocycles. The van der Waals surface area contributed by atoms with Crippen LogP contribution in [0, 0.1) is 10.5 Å². The van der Waals surface area contributed by atoms with Crippen molar-refractivity contribution in [1.82, 2.24) is 0 Å². The summed E-state index contributed by atoms with van der Waals surface area (Å²) in [4.78, 5) is 11.7. The van der Waals surface area contributed by atoms with E-state index < -0.39 is 0 Å². The zero-order valence-corrected chi connectivity index (χ0v) is 11.7. The van der Waals surface area contributed by atoms with E-state index in [0.717, 1.165) is 21.6 Å². The maximum absolute atomic E-state index is 11.7. The standard InChI is InChI=1S/C11H12IO2Si/c1-8-9(4-2-5-10(8)12)11(13)14-6-3-7-15/h2,4-5H,3,6-7H2,1H3. The summed E-state index contributed by atoms with van der Waals surface area (Å²) >= 11 is 2.21. The second-order valence-corrected chi connectivity index (χ2v) is 4.81. The summed E-state index contributed by atoms with van der Waals surface area (Å²) in [5, 5.41) is 0. The van der Waals surface area contributed by atoms with Gasteiger partial charge in [0.2, 0.25) is 0 Å². The largest absolute Gasteiger partial charge is 0.462 e. The van der Waals surface area contributed by atoms with E-state index in [-0.39, 0.29) is 5.97 Å². The minimum atomic E-state index is -0.230. The van der Waals surface area contributed by atoms with Crippen molar-refractivity contribution < 1.29 is 9.53 Å². The van der Waals surface area contributed by atoms with Crippen LogP contribution in [0.3, 0.4) is 0 Å². The van der Waals surface area contributed by atoms with Gasteiger partial charge in [-0.05, 0) is 53.6 Å². The van der Waals surface area contributed by atoms with Gasteiger partial charge < -0.3 is 4.74 Å². The summed E-state index contributed by atoms with van der Waals surface area (Å²) in [5.41, 5.74) is 1.65. The van der Waals surface area contributed by atoms with Crippen molar-refractivity contribution in [2.75, 3.05) is 6.61 Å². The second-order valence-electron chi connectivity index (χ2n) is 3.15. The zero-order valence-electron chi connectivity index (χ0n) is 8.55. The SMILES string of the molecule is Cc1c(I)cccc1C(=O)OCCC[Si]. The molecule has 1 rings (SSSR count). The quantitative estimate of drug-likeness (QED) is 0.367. The highest BCUT2D eigenvalue weighted by atomic mass is 127. The van der Waals surface area contributed by atoms with Crippen LogP contribution in [0.25, 0.3) is 0 Å². The van der Waals surface area contributed by atoms with Gasteiger partial charge in [-0.15, -0.1) is 0 Å². The van der Waals surface area contributed by atoms with Gasteiger partial charge in [0, 0.05) is 13.8 Å². The number of carbonyl (C=O) groups excluding carboxylic acids is 1. The molecule has 0 aromatic heterocycles. The highest BCUT2D eigenvalue weighted by Crippen LogP contribution is 2.16. The number of rotatable bonds is 4. The Morgan fingerprint density at radius 3 is 2.93 bits per heavy atom. The maximum Gasteiger partial charge on any atom is 0.338 e. The molecule has 4 heteroatoms. The third-order valence-electron chi connectivity index (χ3n) is 2.04. The number of esters is 1. The number of hydrogen-bond donors (Lipinski definition) is 0. The Balaban J connectivity index is 2.69. The molecule has 0 atom stereocenters. The molecule has 0 N–H and O–H groups in total. The average Bonchev–Trinajstić information content (AvgIpc) is 2.22. The molecule has 0 unspecified atom stereocenters. The molecular formula is C11H12IO2Si. The van der Waals surface area contributed by atoms with Gasteiger partial charge >= 0.3 is 5.97 Å². The third-order valence-corrected chi connectivity index (χ3v) is 3.56. The molecule has 0 saturated heterocycles. The van der Waals surface area contributed by atoms with Gasteiger partial charge in [0.15, 0.2) is 0 Å². The van der Waals surface area contributed by atoms with Gasteiger partial charge in [0.1, 0.15) is 0 Å². The van der Waals surface area contributed by atoms with Crippen LogP contribution in [0.4, 0.5) is 0 Å². The number of halogens is 1. The molecule has 0 fully saturated rings. The molecule has 0 bridgehead atoms. The fraction of sp³-hybridized carbons (Fsp3) is 0.364. The Labute approximate surface area is 107 Å². The Morgan fingerprint density at radius 2 is 2.27 bits per heavy atom. The maximum atomic E-state index is 11.7. The van der Waals surface area contributed by atoms with Crippen LogP contribution >= 0.6 is 22.6 Å². The summed E-state index contributed by atoms with van der Waals surface area (Å²) in [6.07, 6.45) is 0.839. The van der Waals surface area contributed by atoms with E-state index in [1.165, 1.54) is 0 Å². The molecule has 0 aliphatic carbocycles. The van der Waals surface area contributed by atoms with Crippen LogP contribution < -0.4 is 0 Å². The molecule has 0 heterocycles. The van der Waals surface area contributed by atoms with Gasteiger partial charge in [-0.2, -0.15) is 0 Å². The summed E-state index contributed by atoms with van der Waals surface area (Å²) < 4.78 is 6.22. The van der Waals surface area contributed by atoms with Gasteiger partial charge in [-0.1, -0.05) is 12.1 Å². The van der Waals surface area contributed by atoms with Crippen molar-refractivity contribution in [3.05, 3.63) is 32.9 Å². The summed E-state index contributed by atoms with van der Waals surface area (Å²) in [6.45, 7) is 2.40. The minimum absolute atomic E-state index is 0.230. The van der Waals surface area contributed by atoms with Crippen LogP contribution in [0.5, 0.6) is 0 Å². The molecule has 15 heavy (non-hydrogen) atoms. The van der Waals surface area contributed by atoms with E-state index in [2.05, 4.69) is 32.8 Å². The Bertz CT molecular complexity index is 352. The van der Waals surface area contributed by atoms with Crippen molar-refractivity contribution in [2.45, 2.75) is 19.4 Å². The van der Waals surface area contributed by atoms with Crippen LogP contribution in [0.2, 0.25) is 6.04 Å². The smallest absolute Gasteiger partial charge is 0.338 e. The number of hydrogen-bond acceptors (Lipinski definition) is 2. The summed E-state index contributed by atoms with van der Waals surface area (Å²) in [5.74, 6) is -0.230. The Morgan fingerprint density at radius 1 is 1.53 bits per heavy atom. The lowest BCUT2D eigenvalue weighted by atomic mass is 10.1. The van der Waals surface area contributed by atoms with Crippen molar-refractivity contribution in [3.63, 3.8) is 0 Å². The molecule has 0 saturated carbocycles. The fourth-order valence-corrected chi connectivity index (χ4v) is 1.79. The summed E-state index contributed by atoms with van der Waals surface area (Å²) in [7, 11) is 3.33. The highest BCUT2D eigenvalue weighted by Gasteiger charge is 2.11. The van der Waals surface area contributed by atoms with Crippen molar-refractivity contribution in [3.8, 4) is 0 Å². The molecule has 0 aliphatic rings. The van der Waals surface area contributed by atoms with E-state index in [9.17, 15) is 4.79 Å². The predicted molar refractivity (Wildman–Crippen MR) is 69.4 cm³/mol. The van der Waals surface area contributed by atoms with E-state index in [1.807, 2.05) is 19.1 Å². The molecular weight excluding hydrogens is 319 g/mol. The van der Waals surface area contributed by atoms with E-state index >= 15 is 0 Å². The summed E-state index contributed by atoms with van der Waals surface area (Å²) in [6, 6.07) is 6.49. The average molecular weight is 331 g/mol. The molecule has 0 amide bonds. The Hall–Kier alpha value is -0.363. The van der Waals surface area contributed by atoms with Crippen molar-refractivity contribution in [1.29, 1.82) is 0 Å². The molecule has 2 nitrogen and oxygen atoms in total. The first-order valence-corrected chi connectivity index (χ1v) is 6.52. The fourth-order valence-electron chi connectivity index (χ4n) is 1.14. The molecule has 0 spiro atoms. The lowest BCUT2D eigenvalue weighted by Gasteiger charge is -2.07. The monoisotopic (exact) mass is 331 g/mol. The minimum Gasteiger partial charge on any atom is -0.462 e. The third kappa shape index (κ3) is 3.60. The van der Waals surface area contributed by atoms with E-state index in [4.69, 9.17) is 4.74 Å². The van der Waals surface area contributed by atoms with E-state index in [1.54, 1.807) is 6.07 Å². The topological polar surface area (TPSA) is 26.3 Å². The Kier molecular flexibility index (Phi) is 5.31. The second kappa shape index (κ2) is 6.27. The first kappa shape index (κ1) is 12.7. The van der Waals surface area contributed by atoms with Crippen molar-refractivity contribution >= 4 is 38.8 Å². The first-order valence-electron chi connectivity index (χ1n) is 4.73. The molecule has 3 radical (unpaired) electrons. The van der Waals surface area contributed by atoms with Crippen LogP contribution in [-0.4, -0.2) is 22.8 Å². The molecule has 79 valence electrons. The molecule has 0 aliphatic heterocycles. The number of benzene rings is 1. The van der Waals surface area contributed by atoms with E-state index in [0.29, 0.717) is 12.2 Å². The predicted octanol–water partition coefficient (Wildman–Crippen LogP) is 2.73. The van der Waals surface area contributed by atoms with Gasteiger partial charge in [0.05, 0.1) is 12.2 Å². The molecule has 1 aromatic rings. The van der Waals surface area contributed by atoms with Gasteiger partial charge in [-0.25, -0.2) is 4.79 Å².